The second-order valence-electron chi connectivity index (χ2n) is 5.98. The number of likely N-dealkylation sites (tertiary alicyclic amines) is 1. The first-order valence-electron chi connectivity index (χ1n) is 8.10. The van der Waals surface area contributed by atoms with Gasteiger partial charge in [0.15, 0.2) is 0 Å². The van der Waals surface area contributed by atoms with E-state index in [1.165, 1.54) is 31.4 Å². The molecule has 1 aliphatic heterocycles. The molecule has 1 heterocycles. The Morgan fingerprint density at radius 2 is 1.78 bits per heavy atom. The summed E-state index contributed by atoms with van der Waals surface area (Å²) in [5.74, 6) is 0.643. The molecule has 0 spiro atoms. The van der Waals surface area contributed by atoms with E-state index in [1.807, 2.05) is 13.8 Å². The molecule has 7 heteroatoms. The molecule has 1 aliphatic rings. The topological polar surface area (TPSA) is 67.9 Å². The number of benzene rings is 1. The molecule has 1 fully saturated rings. The maximum atomic E-state index is 12.1. The van der Waals surface area contributed by atoms with Crippen molar-refractivity contribution in [3.05, 3.63) is 24.3 Å². The fourth-order valence-electron chi connectivity index (χ4n) is 2.49. The minimum atomic E-state index is -3.65. The molecule has 23 heavy (non-hydrogen) atoms. The maximum Gasteiger partial charge on any atom is 0.262 e. The summed E-state index contributed by atoms with van der Waals surface area (Å²) < 4.78 is 29.7. The molecule has 6 nitrogen and oxygen atoms in total. The predicted octanol–water partition coefficient (Wildman–Crippen LogP) is 2.17. The summed E-state index contributed by atoms with van der Waals surface area (Å²) in [4.78, 5) is 9.77. The standard InChI is InChI=1S/C16H26N2O4S/c1-14(2)22-15-6-8-16(9-7-15)23(19,20)17-21-13-12-18-10-4-3-5-11-18/h6-9,14,17H,3-5,10-13H2,1-2H3. The highest BCUT2D eigenvalue weighted by Crippen LogP contribution is 2.17. The number of hydrogen-bond acceptors (Lipinski definition) is 5. The van der Waals surface area contributed by atoms with Gasteiger partial charge in [-0.1, -0.05) is 11.3 Å². The summed E-state index contributed by atoms with van der Waals surface area (Å²) in [5, 5.41) is 0. The lowest BCUT2D eigenvalue weighted by molar-refractivity contribution is 0.0656. The van der Waals surface area contributed by atoms with E-state index in [2.05, 4.69) is 9.79 Å². The molecule has 0 atom stereocenters. The zero-order valence-corrected chi connectivity index (χ0v) is 14.6. The van der Waals surface area contributed by atoms with Gasteiger partial charge < -0.3 is 9.64 Å². The fraction of sp³-hybridized carbons (Fsp3) is 0.625. The zero-order chi connectivity index (χ0) is 16.7. The molecule has 0 amide bonds. The van der Waals surface area contributed by atoms with Crippen LogP contribution in [0.15, 0.2) is 29.2 Å². The number of nitrogens with one attached hydrogen (secondary N) is 1. The maximum absolute atomic E-state index is 12.1. The normalized spacial score (nSPS) is 16.7. The Balaban J connectivity index is 1.78. The highest BCUT2D eigenvalue weighted by atomic mass is 32.2. The van der Waals surface area contributed by atoms with Crippen LogP contribution >= 0.6 is 0 Å². The Morgan fingerprint density at radius 3 is 2.39 bits per heavy atom. The van der Waals surface area contributed by atoms with Gasteiger partial charge in [-0.3, -0.25) is 4.84 Å². The van der Waals surface area contributed by atoms with Crippen molar-refractivity contribution >= 4 is 10.0 Å². The SMILES string of the molecule is CC(C)Oc1ccc(S(=O)(=O)NOCCN2CCCCC2)cc1. The first kappa shape index (κ1) is 18.2. The van der Waals surface area contributed by atoms with Crippen molar-refractivity contribution in [1.82, 2.24) is 9.79 Å². The number of ether oxygens (including phenoxy) is 1. The Bertz CT molecular complexity index is 566. The van der Waals surface area contributed by atoms with Crippen LogP contribution in [0.5, 0.6) is 5.75 Å². The van der Waals surface area contributed by atoms with Crippen LogP contribution in [0, 0.1) is 0 Å². The lowest BCUT2D eigenvalue weighted by atomic mass is 10.1. The smallest absolute Gasteiger partial charge is 0.262 e. The number of rotatable bonds is 8. The molecular formula is C16H26N2O4S. The summed E-state index contributed by atoms with van der Waals surface area (Å²) in [6, 6.07) is 6.30. The second-order valence-corrected chi connectivity index (χ2v) is 7.62. The number of hydrogen-bond donors (Lipinski definition) is 1. The van der Waals surface area contributed by atoms with Crippen molar-refractivity contribution in [2.45, 2.75) is 44.1 Å². The highest BCUT2D eigenvalue weighted by Gasteiger charge is 2.15. The molecular weight excluding hydrogens is 316 g/mol. The quantitative estimate of drug-likeness (QED) is 0.579. The van der Waals surface area contributed by atoms with Crippen LogP contribution in [0.1, 0.15) is 33.1 Å². The zero-order valence-electron chi connectivity index (χ0n) is 13.8. The molecule has 130 valence electrons. The third-order valence-corrected chi connectivity index (χ3v) is 4.86. The van der Waals surface area contributed by atoms with E-state index in [0.29, 0.717) is 12.4 Å². The largest absolute Gasteiger partial charge is 0.491 e. The summed E-state index contributed by atoms with van der Waals surface area (Å²) in [6.45, 7) is 7.04. The summed E-state index contributed by atoms with van der Waals surface area (Å²) >= 11 is 0. The minimum Gasteiger partial charge on any atom is -0.491 e. The van der Waals surface area contributed by atoms with E-state index in [-0.39, 0.29) is 11.0 Å². The fourth-order valence-corrected chi connectivity index (χ4v) is 3.32. The number of piperidine rings is 1. The molecule has 0 saturated carbocycles. The van der Waals surface area contributed by atoms with Crippen molar-refractivity contribution in [3.63, 3.8) is 0 Å². The van der Waals surface area contributed by atoms with Gasteiger partial charge in [0, 0.05) is 6.54 Å². The third kappa shape index (κ3) is 6.10. The molecule has 0 bridgehead atoms. The molecule has 1 aromatic carbocycles. The molecule has 0 aliphatic carbocycles. The van der Waals surface area contributed by atoms with Gasteiger partial charge >= 0.3 is 0 Å². The van der Waals surface area contributed by atoms with Crippen LogP contribution in [0.2, 0.25) is 0 Å². The highest BCUT2D eigenvalue weighted by molar-refractivity contribution is 7.89. The summed E-state index contributed by atoms with van der Waals surface area (Å²) in [6.07, 6.45) is 3.74. The van der Waals surface area contributed by atoms with Gasteiger partial charge in [-0.05, 0) is 64.0 Å². The summed E-state index contributed by atoms with van der Waals surface area (Å²) in [5.41, 5.74) is 0. The van der Waals surface area contributed by atoms with Crippen molar-refractivity contribution in [2.75, 3.05) is 26.2 Å². The Hall–Kier alpha value is -1.15. The van der Waals surface area contributed by atoms with Crippen LogP contribution < -0.4 is 9.62 Å². The number of nitrogens with zero attached hydrogens (tertiary/aromatic N) is 1. The van der Waals surface area contributed by atoms with E-state index in [0.717, 1.165) is 19.6 Å². The lowest BCUT2D eigenvalue weighted by Gasteiger charge is -2.25. The first-order valence-corrected chi connectivity index (χ1v) is 9.58. The predicted molar refractivity (Wildman–Crippen MR) is 88.8 cm³/mol. The van der Waals surface area contributed by atoms with Crippen LogP contribution in [0.4, 0.5) is 0 Å². The summed E-state index contributed by atoms with van der Waals surface area (Å²) in [7, 11) is -3.65. The Kier molecular flexibility index (Phi) is 6.83. The Morgan fingerprint density at radius 1 is 1.13 bits per heavy atom. The van der Waals surface area contributed by atoms with Crippen molar-refractivity contribution in [2.24, 2.45) is 0 Å². The van der Waals surface area contributed by atoms with Gasteiger partial charge in [0.1, 0.15) is 5.75 Å². The van der Waals surface area contributed by atoms with Crippen LogP contribution in [0.3, 0.4) is 0 Å². The van der Waals surface area contributed by atoms with E-state index in [4.69, 9.17) is 9.57 Å². The Labute approximate surface area is 138 Å². The van der Waals surface area contributed by atoms with Crippen LogP contribution in [-0.4, -0.2) is 45.7 Å². The molecule has 1 aromatic rings. The minimum absolute atomic E-state index is 0.0497. The first-order chi connectivity index (χ1) is 11.0. The van der Waals surface area contributed by atoms with Crippen molar-refractivity contribution in [3.8, 4) is 5.75 Å². The van der Waals surface area contributed by atoms with Gasteiger partial charge in [0.25, 0.3) is 10.0 Å². The molecule has 1 N–H and O–H groups in total. The number of sulfonamides is 1. The van der Waals surface area contributed by atoms with Gasteiger partial charge in [0.2, 0.25) is 0 Å². The van der Waals surface area contributed by atoms with Crippen LogP contribution in [-0.2, 0) is 14.9 Å². The molecule has 0 unspecified atom stereocenters. The van der Waals surface area contributed by atoms with Crippen LogP contribution in [0.25, 0.3) is 0 Å². The van der Waals surface area contributed by atoms with Gasteiger partial charge in [-0.15, -0.1) is 0 Å². The third-order valence-electron chi connectivity index (χ3n) is 3.63. The van der Waals surface area contributed by atoms with E-state index >= 15 is 0 Å². The molecule has 1 saturated heterocycles. The van der Waals surface area contributed by atoms with E-state index in [1.54, 1.807) is 12.1 Å². The van der Waals surface area contributed by atoms with Gasteiger partial charge in [-0.2, -0.15) is 0 Å². The average molecular weight is 342 g/mol. The van der Waals surface area contributed by atoms with Crippen molar-refractivity contribution < 1.29 is 18.0 Å². The lowest BCUT2D eigenvalue weighted by Crippen LogP contribution is -2.35. The van der Waals surface area contributed by atoms with E-state index < -0.39 is 10.0 Å². The van der Waals surface area contributed by atoms with Gasteiger partial charge in [0.05, 0.1) is 17.6 Å². The molecule has 0 aromatic heterocycles. The van der Waals surface area contributed by atoms with E-state index in [9.17, 15) is 8.42 Å². The van der Waals surface area contributed by atoms with Gasteiger partial charge in [-0.25, -0.2) is 8.42 Å². The molecule has 0 radical (unpaired) electrons. The molecule has 2 rings (SSSR count). The average Bonchev–Trinajstić information content (AvgIpc) is 2.53. The van der Waals surface area contributed by atoms with Crippen molar-refractivity contribution in [1.29, 1.82) is 0 Å². The second kappa shape index (κ2) is 8.63. The monoisotopic (exact) mass is 342 g/mol.